The van der Waals surface area contributed by atoms with E-state index in [-0.39, 0.29) is 78.9 Å². The van der Waals surface area contributed by atoms with Crippen LogP contribution in [0.3, 0.4) is 0 Å². The normalized spacial score (nSPS) is 6.12. The van der Waals surface area contributed by atoms with Crippen molar-refractivity contribution < 1.29 is 38.1 Å². The summed E-state index contributed by atoms with van der Waals surface area (Å²) in [6.07, 6.45) is -0.699. The van der Waals surface area contributed by atoms with Crippen LogP contribution < -0.4 is 0 Å². The minimum absolute atomic E-state index is 0. The smallest absolute Gasteiger partial charge is 0.320 e. The van der Waals surface area contributed by atoms with Crippen LogP contribution >= 0.6 is 0 Å². The van der Waals surface area contributed by atoms with Crippen LogP contribution in [0.4, 0.5) is 0 Å². The highest BCUT2D eigenvalue weighted by Gasteiger charge is 2.11. The topological polar surface area (TPSA) is 105 Å². The quantitative estimate of drug-likeness (QED) is 0.155. The van der Waals surface area contributed by atoms with Gasteiger partial charge in [-0.15, -0.1) is 0 Å². The minimum atomic E-state index is -0.867. The van der Waals surface area contributed by atoms with Crippen LogP contribution in [0.2, 0.25) is 0 Å². The van der Waals surface area contributed by atoms with Gasteiger partial charge in [0.2, 0.25) is 6.79 Å². The summed E-state index contributed by atoms with van der Waals surface area (Å²) >= 11 is 0. The summed E-state index contributed by atoms with van der Waals surface area (Å²) < 4.78 is 17.3. The Kier molecular flexibility index (Phi) is 86.0. The van der Waals surface area contributed by atoms with E-state index in [1.807, 2.05) is 0 Å². The molecule has 0 unspecified atom stereocenters. The summed E-state index contributed by atoms with van der Waals surface area (Å²) in [7, 11) is 1.13. The molecule has 0 rings (SSSR count). The molecule has 8 heteroatoms. The second kappa shape index (κ2) is 37.8. The van der Waals surface area contributed by atoms with Crippen LogP contribution in [-0.2, 0) is 38.1 Å². The molecule has 0 aliphatic carbocycles. The van der Waals surface area contributed by atoms with Crippen LogP contribution in [0, 0.1) is 0 Å². The maximum absolute atomic E-state index is 10.9. The second-order valence-electron chi connectivity index (χ2n) is 2.62. The number of methoxy groups -OCH3 is 1. The summed E-state index contributed by atoms with van der Waals surface area (Å²) in [4.78, 5) is 42.1. The molecule has 0 N–H and O–H groups in total. The summed E-state index contributed by atoms with van der Waals surface area (Å²) in [5.74, 6) is -2.31. The fraction of sp³-hybridized carbons (Fsp3) is 0.765. The predicted octanol–water partition coefficient (Wildman–Crippen LogP) is 4.25. The Labute approximate surface area is 156 Å². The molecular formula is C17H44O8. The molecular weight excluding hydrogens is 332 g/mol. The first-order chi connectivity index (χ1) is 8.10. The molecule has 8 nitrogen and oxygen atoms in total. The van der Waals surface area contributed by atoms with Gasteiger partial charge < -0.3 is 18.9 Å². The van der Waals surface area contributed by atoms with Crippen molar-refractivity contribution in [3.8, 4) is 0 Å². The highest BCUT2D eigenvalue weighted by Crippen LogP contribution is 1.92. The number of ether oxygens (including phenoxy) is 4. The maximum atomic E-state index is 10.9. The van der Waals surface area contributed by atoms with Crippen LogP contribution in [0.1, 0.15) is 72.3 Å². The fourth-order valence-electron chi connectivity index (χ4n) is 0.664. The van der Waals surface area contributed by atoms with Gasteiger partial charge in [0.15, 0.2) is 0 Å². The van der Waals surface area contributed by atoms with Crippen molar-refractivity contribution >= 4 is 24.4 Å². The third-order valence-electron chi connectivity index (χ3n) is 1.45. The van der Waals surface area contributed by atoms with Gasteiger partial charge in [-0.05, 0) is 0 Å². The third-order valence-corrected chi connectivity index (χ3v) is 1.45. The van der Waals surface area contributed by atoms with E-state index in [0.29, 0.717) is 0 Å². The molecule has 0 aromatic rings. The van der Waals surface area contributed by atoms with E-state index in [4.69, 9.17) is 0 Å². The Balaban J connectivity index is -0.0000000457. The lowest BCUT2D eigenvalue weighted by atomic mass is 10.4. The second-order valence-corrected chi connectivity index (χ2v) is 2.62. The number of rotatable bonds is 8. The number of carbonyl (C=O) groups is 4. The van der Waals surface area contributed by atoms with Gasteiger partial charge in [0, 0.05) is 0 Å². The molecule has 0 bridgehead atoms. The van der Waals surface area contributed by atoms with E-state index in [1.54, 1.807) is 0 Å². The van der Waals surface area contributed by atoms with E-state index < -0.39 is 31.1 Å². The Bertz CT molecular complexity index is 290. The van der Waals surface area contributed by atoms with Crippen LogP contribution in [0.5, 0.6) is 0 Å². The molecule has 0 fully saturated rings. The Hall–Kier alpha value is -2.12. The molecule has 0 aromatic heterocycles. The SMILES string of the molecule is C.C.C.C.C.C.C.C.COC(=O)CC(=O)OCOC(=O)CCOC=O. The van der Waals surface area contributed by atoms with Crippen LogP contribution in [0.15, 0.2) is 0 Å². The van der Waals surface area contributed by atoms with Crippen LogP contribution in [-0.4, -0.2) is 44.9 Å². The van der Waals surface area contributed by atoms with Gasteiger partial charge in [-0.2, -0.15) is 0 Å². The summed E-state index contributed by atoms with van der Waals surface area (Å²) in [5, 5.41) is 0. The molecule has 0 aliphatic rings. The average Bonchev–Trinajstić information content (AvgIpc) is 2.29. The highest BCUT2D eigenvalue weighted by molar-refractivity contribution is 5.91. The number of hydrogen-bond donors (Lipinski definition) is 0. The highest BCUT2D eigenvalue weighted by atomic mass is 16.7. The number of carbonyl (C=O) groups excluding carboxylic acids is 4. The molecule has 0 atom stereocenters. The van der Waals surface area contributed by atoms with Crippen molar-refractivity contribution in [3.05, 3.63) is 0 Å². The lowest BCUT2D eigenvalue weighted by Crippen LogP contribution is -2.16. The zero-order valence-electron chi connectivity index (χ0n) is 9.17. The molecule has 0 spiro atoms. The maximum Gasteiger partial charge on any atom is 0.320 e. The fourth-order valence-corrected chi connectivity index (χ4v) is 0.664. The largest absolute Gasteiger partial charge is 0.469 e. The van der Waals surface area contributed by atoms with Crippen LogP contribution in [0.25, 0.3) is 0 Å². The van der Waals surface area contributed by atoms with Gasteiger partial charge in [0.05, 0.1) is 13.5 Å². The van der Waals surface area contributed by atoms with E-state index >= 15 is 0 Å². The van der Waals surface area contributed by atoms with Crippen molar-refractivity contribution in [2.45, 2.75) is 72.3 Å². The minimum Gasteiger partial charge on any atom is -0.469 e. The molecule has 0 radical (unpaired) electrons. The lowest BCUT2D eigenvalue weighted by Gasteiger charge is -2.05. The van der Waals surface area contributed by atoms with E-state index in [0.717, 1.165) is 7.11 Å². The van der Waals surface area contributed by atoms with Gasteiger partial charge in [0.25, 0.3) is 6.47 Å². The predicted molar refractivity (Wildman–Crippen MR) is 104 cm³/mol. The van der Waals surface area contributed by atoms with E-state index in [9.17, 15) is 19.2 Å². The molecule has 0 amide bonds. The van der Waals surface area contributed by atoms with Gasteiger partial charge in [-0.25, -0.2) is 0 Å². The van der Waals surface area contributed by atoms with Gasteiger partial charge in [-0.3, -0.25) is 19.2 Å². The first kappa shape index (κ1) is 56.9. The molecule has 0 saturated heterocycles. The Morgan fingerprint density at radius 2 is 1.20 bits per heavy atom. The van der Waals surface area contributed by atoms with Crippen molar-refractivity contribution in [1.29, 1.82) is 0 Å². The first-order valence-electron chi connectivity index (χ1n) is 4.53. The lowest BCUT2D eigenvalue weighted by molar-refractivity contribution is -0.169. The number of esters is 3. The van der Waals surface area contributed by atoms with Gasteiger partial charge in [0.1, 0.15) is 13.0 Å². The van der Waals surface area contributed by atoms with E-state index in [1.165, 1.54) is 0 Å². The van der Waals surface area contributed by atoms with Gasteiger partial charge >= 0.3 is 17.9 Å². The molecule has 160 valence electrons. The summed E-state index contributed by atoms with van der Waals surface area (Å²) in [5.41, 5.74) is 0. The zero-order chi connectivity index (χ0) is 13.1. The summed E-state index contributed by atoms with van der Waals surface area (Å²) in [6, 6.07) is 0. The van der Waals surface area contributed by atoms with E-state index in [2.05, 4.69) is 18.9 Å². The molecule has 0 heterocycles. The van der Waals surface area contributed by atoms with Crippen molar-refractivity contribution in [3.63, 3.8) is 0 Å². The molecule has 0 saturated carbocycles. The zero-order valence-corrected chi connectivity index (χ0v) is 9.17. The van der Waals surface area contributed by atoms with Gasteiger partial charge in [-0.1, -0.05) is 59.4 Å². The van der Waals surface area contributed by atoms with Crippen molar-refractivity contribution in [1.82, 2.24) is 0 Å². The standard InChI is InChI=1S/C9H12O8.8CH4/c1-14-8(12)4-9(13)17-6-16-7(11)2-3-15-5-10;;;;;;;;/h5H,2-4,6H2,1H3;8*1H4. The first-order valence-corrected chi connectivity index (χ1v) is 4.53. The molecule has 0 aromatic carbocycles. The number of hydrogen-bond acceptors (Lipinski definition) is 8. The monoisotopic (exact) mass is 376 g/mol. The third kappa shape index (κ3) is 39.1. The molecule has 0 aliphatic heterocycles. The Morgan fingerprint density at radius 3 is 1.60 bits per heavy atom. The Morgan fingerprint density at radius 1 is 0.760 bits per heavy atom. The average molecular weight is 377 g/mol. The summed E-state index contributed by atoms with van der Waals surface area (Å²) in [6.45, 7) is -0.516. The molecule has 25 heavy (non-hydrogen) atoms. The van der Waals surface area contributed by atoms with Crippen molar-refractivity contribution in [2.24, 2.45) is 0 Å². The van der Waals surface area contributed by atoms with Crippen molar-refractivity contribution in [2.75, 3.05) is 20.5 Å².